The van der Waals surface area contributed by atoms with Crippen molar-refractivity contribution in [3.8, 4) is 0 Å². The zero-order valence-corrected chi connectivity index (χ0v) is 14.9. The Hall–Kier alpha value is -1.84. The zero-order chi connectivity index (χ0) is 17.8. The highest BCUT2D eigenvalue weighted by molar-refractivity contribution is 9.10. The van der Waals surface area contributed by atoms with Gasteiger partial charge in [-0.2, -0.15) is 0 Å². The highest BCUT2D eigenvalue weighted by Crippen LogP contribution is 2.28. The monoisotopic (exact) mass is 412 g/mol. The SMILES string of the molecule is ONC(=Nc1ccc(F)c(Br)c1)c1nonc1CC1CCC(O)CC1. The molecular weight excluding hydrogens is 395 g/mol. The maximum Gasteiger partial charge on any atom is 0.181 e. The third-order valence-corrected chi connectivity index (χ3v) is 4.94. The number of benzene rings is 1. The quantitative estimate of drug-likeness (QED) is 0.404. The van der Waals surface area contributed by atoms with Crippen molar-refractivity contribution in [2.75, 3.05) is 0 Å². The summed E-state index contributed by atoms with van der Waals surface area (Å²) in [5.74, 6) is 0.0419. The highest BCUT2D eigenvalue weighted by Gasteiger charge is 2.24. The molecule has 1 aliphatic rings. The van der Waals surface area contributed by atoms with Gasteiger partial charge in [-0.05, 0) is 77.3 Å². The minimum Gasteiger partial charge on any atom is -0.393 e. The molecule has 0 unspecified atom stereocenters. The van der Waals surface area contributed by atoms with Crippen LogP contribution >= 0.6 is 15.9 Å². The van der Waals surface area contributed by atoms with Crippen LogP contribution in [0.3, 0.4) is 0 Å². The predicted octanol–water partition coefficient (Wildman–Crippen LogP) is 3.12. The van der Waals surface area contributed by atoms with Crippen LogP contribution in [0.15, 0.2) is 32.3 Å². The molecule has 0 bridgehead atoms. The number of aliphatic hydroxyl groups is 1. The van der Waals surface area contributed by atoms with E-state index in [-0.39, 0.29) is 16.4 Å². The standard InChI is InChI=1S/C16H18BrFN4O3/c17-12-8-10(3-6-13(12)18)19-16(20-24)15-14(21-25-22-15)7-9-1-4-11(23)5-2-9/h3,6,8-9,11,23-24H,1-2,4-5,7H2,(H,19,20). The molecule has 9 heteroatoms. The summed E-state index contributed by atoms with van der Waals surface area (Å²) in [7, 11) is 0. The fourth-order valence-corrected chi connectivity index (χ4v) is 3.32. The van der Waals surface area contributed by atoms with Crippen LogP contribution in [-0.4, -0.2) is 32.6 Å². The Morgan fingerprint density at radius 2 is 2.08 bits per heavy atom. The molecule has 1 aromatic carbocycles. The number of nitrogens with one attached hydrogen (secondary N) is 1. The number of halogens is 2. The van der Waals surface area contributed by atoms with Gasteiger partial charge >= 0.3 is 0 Å². The molecular formula is C16H18BrFN4O3. The van der Waals surface area contributed by atoms with Gasteiger partial charge in [-0.1, -0.05) is 5.16 Å². The van der Waals surface area contributed by atoms with Crippen molar-refractivity contribution >= 4 is 27.5 Å². The van der Waals surface area contributed by atoms with Gasteiger partial charge in [0.1, 0.15) is 11.5 Å². The van der Waals surface area contributed by atoms with Crippen LogP contribution < -0.4 is 5.48 Å². The minimum absolute atomic E-state index is 0.0746. The number of aliphatic imine (C=N–C) groups is 1. The first-order chi connectivity index (χ1) is 12.1. The first kappa shape index (κ1) is 18.0. The first-order valence-electron chi connectivity index (χ1n) is 8.00. The Balaban J connectivity index is 1.80. The Morgan fingerprint density at radius 1 is 1.32 bits per heavy atom. The molecule has 0 spiro atoms. The smallest absolute Gasteiger partial charge is 0.181 e. The largest absolute Gasteiger partial charge is 0.393 e. The average molecular weight is 413 g/mol. The summed E-state index contributed by atoms with van der Waals surface area (Å²) < 4.78 is 18.4. The third-order valence-electron chi connectivity index (χ3n) is 4.33. The van der Waals surface area contributed by atoms with E-state index in [1.807, 2.05) is 5.48 Å². The van der Waals surface area contributed by atoms with Gasteiger partial charge in [0.15, 0.2) is 11.5 Å². The second-order valence-corrected chi connectivity index (χ2v) is 6.96. The number of amidine groups is 1. The average Bonchev–Trinajstić information content (AvgIpc) is 3.06. The molecule has 0 saturated heterocycles. The first-order valence-corrected chi connectivity index (χ1v) is 8.80. The lowest BCUT2D eigenvalue weighted by Gasteiger charge is -2.24. The van der Waals surface area contributed by atoms with E-state index in [9.17, 15) is 14.7 Å². The summed E-state index contributed by atoms with van der Waals surface area (Å²) in [5, 5.41) is 26.8. The van der Waals surface area contributed by atoms with E-state index >= 15 is 0 Å². The number of aromatic nitrogens is 2. The minimum atomic E-state index is -0.402. The summed E-state index contributed by atoms with van der Waals surface area (Å²) in [6.07, 6.45) is 3.75. The Labute approximate surface area is 152 Å². The normalized spacial score (nSPS) is 21.4. The van der Waals surface area contributed by atoms with E-state index in [0.29, 0.717) is 29.4 Å². The van der Waals surface area contributed by atoms with Gasteiger partial charge in [0.25, 0.3) is 0 Å². The lowest BCUT2D eigenvalue weighted by molar-refractivity contribution is 0.108. The molecule has 7 nitrogen and oxygen atoms in total. The number of nitrogens with zero attached hydrogens (tertiary/aromatic N) is 3. The second-order valence-electron chi connectivity index (χ2n) is 6.11. The van der Waals surface area contributed by atoms with Crippen molar-refractivity contribution in [2.45, 2.75) is 38.2 Å². The van der Waals surface area contributed by atoms with Gasteiger partial charge in [0, 0.05) is 0 Å². The van der Waals surface area contributed by atoms with Crippen LogP contribution in [0.1, 0.15) is 37.1 Å². The maximum atomic E-state index is 13.3. The molecule has 134 valence electrons. The van der Waals surface area contributed by atoms with Crippen molar-refractivity contribution in [2.24, 2.45) is 10.9 Å². The molecule has 1 heterocycles. The molecule has 0 radical (unpaired) electrons. The zero-order valence-electron chi connectivity index (χ0n) is 13.3. The molecule has 1 saturated carbocycles. The van der Waals surface area contributed by atoms with Crippen molar-refractivity contribution < 1.29 is 19.3 Å². The topological polar surface area (TPSA) is 104 Å². The number of aliphatic hydroxyl groups excluding tert-OH is 1. The summed E-state index contributed by atoms with van der Waals surface area (Å²) >= 11 is 3.10. The van der Waals surface area contributed by atoms with Crippen molar-refractivity contribution in [1.29, 1.82) is 0 Å². The summed E-state index contributed by atoms with van der Waals surface area (Å²) in [4.78, 5) is 4.24. The number of hydroxylamine groups is 1. The summed E-state index contributed by atoms with van der Waals surface area (Å²) in [5.41, 5.74) is 3.34. The van der Waals surface area contributed by atoms with Gasteiger partial charge in [-0.3, -0.25) is 10.7 Å². The molecule has 3 rings (SSSR count). The third kappa shape index (κ3) is 4.42. The molecule has 25 heavy (non-hydrogen) atoms. The van der Waals surface area contributed by atoms with E-state index in [2.05, 4.69) is 31.2 Å². The van der Waals surface area contributed by atoms with Gasteiger partial charge in [-0.15, -0.1) is 0 Å². The van der Waals surface area contributed by atoms with E-state index < -0.39 is 5.82 Å². The number of rotatable bonds is 4. The number of hydrogen-bond donors (Lipinski definition) is 3. The van der Waals surface area contributed by atoms with E-state index in [1.165, 1.54) is 18.2 Å². The van der Waals surface area contributed by atoms with Crippen LogP contribution in [-0.2, 0) is 6.42 Å². The highest BCUT2D eigenvalue weighted by atomic mass is 79.9. The fourth-order valence-electron chi connectivity index (χ4n) is 2.96. The summed E-state index contributed by atoms with van der Waals surface area (Å²) in [6.45, 7) is 0. The van der Waals surface area contributed by atoms with Gasteiger partial charge in [0.05, 0.1) is 16.3 Å². The molecule has 3 N–H and O–H groups in total. The number of hydrogen-bond acceptors (Lipinski definition) is 6. The van der Waals surface area contributed by atoms with Crippen molar-refractivity contribution in [1.82, 2.24) is 15.8 Å². The van der Waals surface area contributed by atoms with E-state index in [1.54, 1.807) is 0 Å². The van der Waals surface area contributed by atoms with Crippen LogP contribution in [0.4, 0.5) is 10.1 Å². The lowest BCUT2D eigenvalue weighted by Crippen LogP contribution is -2.24. The molecule has 1 aromatic heterocycles. The van der Waals surface area contributed by atoms with Gasteiger partial charge in [0.2, 0.25) is 0 Å². The van der Waals surface area contributed by atoms with Crippen molar-refractivity contribution in [3.63, 3.8) is 0 Å². The van der Waals surface area contributed by atoms with Gasteiger partial charge < -0.3 is 5.11 Å². The van der Waals surface area contributed by atoms with E-state index in [0.717, 1.165) is 25.7 Å². The van der Waals surface area contributed by atoms with Gasteiger partial charge in [-0.25, -0.2) is 14.0 Å². The molecule has 2 aromatic rings. The predicted molar refractivity (Wildman–Crippen MR) is 91.2 cm³/mol. The van der Waals surface area contributed by atoms with Crippen LogP contribution in [0.25, 0.3) is 0 Å². The van der Waals surface area contributed by atoms with Crippen LogP contribution in [0.5, 0.6) is 0 Å². The molecule has 0 aliphatic heterocycles. The Kier molecular flexibility index (Phi) is 5.77. The second kappa shape index (κ2) is 8.03. The van der Waals surface area contributed by atoms with Crippen molar-refractivity contribution in [3.05, 3.63) is 39.9 Å². The lowest BCUT2D eigenvalue weighted by atomic mass is 9.84. The molecule has 1 fully saturated rings. The Morgan fingerprint density at radius 3 is 2.76 bits per heavy atom. The molecule has 0 atom stereocenters. The molecule has 0 amide bonds. The Bertz CT molecular complexity index is 760. The molecule has 1 aliphatic carbocycles. The fraction of sp³-hybridized carbons (Fsp3) is 0.438. The van der Waals surface area contributed by atoms with Crippen LogP contribution in [0, 0.1) is 11.7 Å². The van der Waals surface area contributed by atoms with E-state index in [4.69, 9.17) is 4.63 Å². The summed E-state index contributed by atoms with van der Waals surface area (Å²) in [6, 6.07) is 4.24. The maximum absolute atomic E-state index is 13.3. The van der Waals surface area contributed by atoms with Crippen LogP contribution in [0.2, 0.25) is 0 Å².